The van der Waals surface area contributed by atoms with E-state index in [1.807, 2.05) is 0 Å². The number of aromatic nitrogens is 1. The van der Waals surface area contributed by atoms with Crippen LogP contribution in [0, 0.1) is 30.6 Å². The van der Waals surface area contributed by atoms with E-state index in [4.69, 9.17) is 4.52 Å². The Morgan fingerprint density at radius 2 is 1.95 bits per heavy atom. The zero-order chi connectivity index (χ0) is 15.6. The van der Waals surface area contributed by atoms with Gasteiger partial charge < -0.3 is 4.52 Å². The van der Waals surface area contributed by atoms with Gasteiger partial charge in [-0.1, -0.05) is 25.9 Å². The summed E-state index contributed by atoms with van der Waals surface area (Å²) in [4.78, 5) is 0.201. The summed E-state index contributed by atoms with van der Waals surface area (Å²) in [5, 5.41) is 3.76. The summed E-state index contributed by atoms with van der Waals surface area (Å²) in [5.41, 5.74) is 0.621. The zero-order valence-corrected chi connectivity index (χ0v) is 14.2. The lowest BCUT2D eigenvalue weighted by Gasteiger charge is -2.39. The van der Waals surface area contributed by atoms with Crippen LogP contribution in [0.2, 0.25) is 0 Å². The van der Waals surface area contributed by atoms with Crippen LogP contribution in [0.25, 0.3) is 0 Å². The molecule has 0 radical (unpaired) electrons. The van der Waals surface area contributed by atoms with Gasteiger partial charge in [-0.2, -0.15) is 0 Å². The Kier molecular flexibility index (Phi) is 3.09. The fourth-order valence-corrected chi connectivity index (χ4v) is 6.18. The molecule has 2 saturated carbocycles. The van der Waals surface area contributed by atoms with E-state index in [9.17, 15) is 8.42 Å². The molecule has 2 aliphatic carbocycles. The van der Waals surface area contributed by atoms with Crippen LogP contribution < -0.4 is 4.72 Å². The molecule has 1 aromatic heterocycles. The maximum Gasteiger partial charge on any atom is 0.246 e. The zero-order valence-electron chi connectivity index (χ0n) is 13.4. The number of nitrogens with zero attached hydrogens (tertiary/aromatic N) is 1. The SMILES string of the molecule is Cc1noc(C)c1S(=O)(=O)N[C@@H]1C[C@@H]2CC[C@]1(C)C2(C)C. The van der Waals surface area contributed by atoms with E-state index in [1.165, 1.54) is 6.42 Å². The smallest absolute Gasteiger partial charge is 0.246 e. The monoisotopic (exact) mass is 312 g/mol. The van der Waals surface area contributed by atoms with Gasteiger partial charge in [-0.05, 0) is 49.9 Å². The molecule has 2 aliphatic rings. The fourth-order valence-electron chi connectivity index (χ4n) is 4.49. The Balaban J connectivity index is 1.92. The second-order valence-corrected chi connectivity index (χ2v) is 9.09. The average Bonchev–Trinajstić information content (AvgIpc) is 2.87. The van der Waals surface area contributed by atoms with E-state index >= 15 is 0 Å². The Hall–Kier alpha value is -0.880. The number of fused-ring (bicyclic) bond motifs is 2. The van der Waals surface area contributed by atoms with E-state index in [1.54, 1.807) is 13.8 Å². The van der Waals surface area contributed by atoms with Crippen molar-refractivity contribution in [3.63, 3.8) is 0 Å². The largest absolute Gasteiger partial charge is 0.360 e. The van der Waals surface area contributed by atoms with Crippen LogP contribution in [0.5, 0.6) is 0 Å². The molecule has 2 fully saturated rings. The third-order valence-corrected chi connectivity index (χ3v) is 8.04. The normalized spacial score (nSPS) is 34.5. The first-order chi connectivity index (χ1) is 9.59. The third-order valence-electron chi connectivity index (χ3n) is 6.33. The Bertz CT molecular complexity index is 658. The van der Waals surface area contributed by atoms with Gasteiger partial charge in [0.25, 0.3) is 0 Å². The standard InChI is InChI=1S/C15H24N2O3S/c1-9-13(10(2)20-16-9)21(18,19)17-12-8-11-6-7-15(12,5)14(11,3)4/h11-12,17H,6-8H2,1-5H3/t11-,12+,15-/m0/s1. The van der Waals surface area contributed by atoms with Crippen molar-refractivity contribution in [3.8, 4) is 0 Å². The molecule has 5 nitrogen and oxygen atoms in total. The molecule has 0 amide bonds. The van der Waals surface area contributed by atoms with Crippen LogP contribution in [-0.4, -0.2) is 19.6 Å². The minimum atomic E-state index is -3.58. The summed E-state index contributed by atoms with van der Waals surface area (Å²) in [6, 6.07) is -0.00931. The molecule has 1 heterocycles. The summed E-state index contributed by atoms with van der Waals surface area (Å²) in [7, 11) is -3.58. The third kappa shape index (κ3) is 1.91. The molecule has 3 rings (SSSR count). The van der Waals surface area contributed by atoms with Crippen LogP contribution in [-0.2, 0) is 10.0 Å². The van der Waals surface area contributed by atoms with Gasteiger partial charge in [-0.15, -0.1) is 0 Å². The van der Waals surface area contributed by atoms with Gasteiger partial charge >= 0.3 is 0 Å². The van der Waals surface area contributed by atoms with Crippen molar-refractivity contribution in [3.05, 3.63) is 11.5 Å². The van der Waals surface area contributed by atoms with E-state index in [2.05, 4.69) is 30.6 Å². The first kappa shape index (κ1) is 15.0. The Labute approximate surface area is 126 Å². The lowest BCUT2D eigenvalue weighted by molar-refractivity contribution is 0.130. The number of sulfonamides is 1. The predicted octanol–water partition coefficient (Wildman–Crippen LogP) is 2.78. The van der Waals surface area contributed by atoms with Crippen LogP contribution in [0.1, 0.15) is 51.5 Å². The summed E-state index contributed by atoms with van der Waals surface area (Å²) < 4.78 is 33.4. The molecule has 3 atom stereocenters. The molecule has 1 aromatic rings. The van der Waals surface area contributed by atoms with E-state index in [-0.39, 0.29) is 21.8 Å². The molecule has 0 aliphatic heterocycles. The number of aryl methyl sites for hydroxylation is 2. The second-order valence-electron chi connectivity index (χ2n) is 7.44. The molecule has 0 unspecified atom stereocenters. The van der Waals surface area contributed by atoms with E-state index < -0.39 is 10.0 Å². The number of hydrogen-bond acceptors (Lipinski definition) is 4. The van der Waals surface area contributed by atoms with Crippen molar-refractivity contribution in [2.24, 2.45) is 16.7 Å². The van der Waals surface area contributed by atoms with Gasteiger partial charge in [0.15, 0.2) is 5.76 Å². The van der Waals surface area contributed by atoms with Crippen LogP contribution in [0.4, 0.5) is 0 Å². The Morgan fingerprint density at radius 3 is 2.38 bits per heavy atom. The molecule has 0 saturated heterocycles. The first-order valence-corrected chi connectivity index (χ1v) is 9.03. The highest BCUT2D eigenvalue weighted by Gasteiger charge is 2.62. The van der Waals surface area contributed by atoms with Crippen molar-refractivity contribution < 1.29 is 12.9 Å². The molecule has 6 heteroatoms. The lowest BCUT2D eigenvalue weighted by atomic mass is 9.69. The predicted molar refractivity (Wildman–Crippen MR) is 79.3 cm³/mol. The molecule has 0 aromatic carbocycles. The molecule has 1 N–H and O–H groups in total. The van der Waals surface area contributed by atoms with E-state index in [0.717, 1.165) is 12.8 Å². The fraction of sp³-hybridized carbons (Fsp3) is 0.800. The van der Waals surface area contributed by atoms with Crippen molar-refractivity contribution in [2.45, 2.75) is 64.8 Å². The minimum absolute atomic E-state index is 0.00931. The van der Waals surface area contributed by atoms with Crippen LogP contribution >= 0.6 is 0 Å². The summed E-state index contributed by atoms with van der Waals surface area (Å²) in [6.07, 6.45) is 3.21. The van der Waals surface area contributed by atoms with Gasteiger partial charge in [0, 0.05) is 6.04 Å². The van der Waals surface area contributed by atoms with Crippen LogP contribution in [0.15, 0.2) is 9.42 Å². The Morgan fingerprint density at radius 1 is 1.29 bits per heavy atom. The summed E-state index contributed by atoms with van der Waals surface area (Å²) in [5.74, 6) is 0.951. The van der Waals surface area contributed by atoms with Gasteiger partial charge in [-0.25, -0.2) is 13.1 Å². The highest BCUT2D eigenvalue weighted by atomic mass is 32.2. The molecule has 21 heavy (non-hydrogen) atoms. The number of hydrogen-bond donors (Lipinski definition) is 1. The average molecular weight is 312 g/mol. The van der Waals surface area contributed by atoms with Crippen molar-refractivity contribution in [1.29, 1.82) is 0 Å². The summed E-state index contributed by atoms with van der Waals surface area (Å²) >= 11 is 0. The second kappa shape index (κ2) is 4.32. The molecular weight excluding hydrogens is 288 g/mol. The summed E-state index contributed by atoms with van der Waals surface area (Å²) in [6.45, 7) is 10.1. The minimum Gasteiger partial charge on any atom is -0.360 e. The van der Waals surface area contributed by atoms with Crippen molar-refractivity contribution in [1.82, 2.24) is 9.88 Å². The van der Waals surface area contributed by atoms with Crippen molar-refractivity contribution >= 4 is 10.0 Å². The highest BCUT2D eigenvalue weighted by molar-refractivity contribution is 7.89. The van der Waals surface area contributed by atoms with Gasteiger partial charge in [0.2, 0.25) is 10.0 Å². The first-order valence-electron chi connectivity index (χ1n) is 7.55. The topological polar surface area (TPSA) is 72.2 Å². The number of rotatable bonds is 3. The van der Waals surface area contributed by atoms with E-state index in [0.29, 0.717) is 17.4 Å². The van der Waals surface area contributed by atoms with Gasteiger partial charge in [-0.3, -0.25) is 0 Å². The maximum atomic E-state index is 12.7. The number of nitrogens with one attached hydrogen (secondary N) is 1. The van der Waals surface area contributed by atoms with Crippen LogP contribution in [0.3, 0.4) is 0 Å². The lowest BCUT2D eigenvalue weighted by Crippen LogP contribution is -2.46. The van der Waals surface area contributed by atoms with Crippen molar-refractivity contribution in [2.75, 3.05) is 0 Å². The van der Waals surface area contributed by atoms with Gasteiger partial charge in [0.05, 0.1) is 0 Å². The molecule has 0 spiro atoms. The molecular formula is C15H24N2O3S. The molecule has 2 bridgehead atoms. The maximum absolute atomic E-state index is 12.7. The van der Waals surface area contributed by atoms with Gasteiger partial charge in [0.1, 0.15) is 10.6 Å². The highest BCUT2D eigenvalue weighted by Crippen LogP contribution is 2.65. The molecule has 118 valence electrons. The quantitative estimate of drug-likeness (QED) is 0.931.